The Kier molecular flexibility index (Phi) is 4.85. The van der Waals surface area contributed by atoms with E-state index in [0.29, 0.717) is 11.3 Å². The van der Waals surface area contributed by atoms with E-state index in [1.165, 1.54) is 17.2 Å². The van der Waals surface area contributed by atoms with Crippen LogP contribution in [0.1, 0.15) is 40.5 Å². The third kappa shape index (κ3) is 3.77. The topological polar surface area (TPSA) is 56.3 Å². The number of aromatic nitrogens is 1. The number of carbonyl (C=O) groups excluding carboxylic acids is 2. The molecule has 1 heterocycles. The monoisotopic (exact) mass is 321 g/mol. The first-order valence-corrected chi connectivity index (χ1v) is 8.09. The summed E-state index contributed by atoms with van der Waals surface area (Å²) in [5.41, 5.74) is 3.81. The van der Waals surface area contributed by atoms with Crippen molar-refractivity contribution in [1.82, 2.24) is 4.98 Å². The molecule has 1 aromatic carbocycles. The summed E-state index contributed by atoms with van der Waals surface area (Å²) in [6.45, 7) is 1.60. The van der Waals surface area contributed by atoms with E-state index in [9.17, 15) is 9.59 Å². The number of Topliss-reactive ketones (excluding diaryl/α,β-unsaturated/α-hetero) is 1. The minimum atomic E-state index is -0.815. The molecular weight excluding hydrogens is 302 g/mol. The lowest BCUT2D eigenvalue weighted by Gasteiger charge is -2.11. The third-order valence-electron chi connectivity index (χ3n) is 4.12. The van der Waals surface area contributed by atoms with Crippen molar-refractivity contribution < 1.29 is 14.3 Å². The standard InChI is InChI=1S/C20H19NO3/c1-14(24-19(22)11-10-18-7-2-3-12-21-18)20(23)17-9-8-15-5-4-6-16(15)13-17/h2-3,7-14H,4-6H2,1H3/b11-10+. The van der Waals surface area contributed by atoms with E-state index in [1.54, 1.807) is 31.3 Å². The predicted octanol–water partition coefficient (Wildman–Crippen LogP) is 3.40. The molecule has 0 radical (unpaired) electrons. The van der Waals surface area contributed by atoms with Gasteiger partial charge in [0, 0.05) is 17.8 Å². The molecule has 4 nitrogen and oxygen atoms in total. The summed E-state index contributed by atoms with van der Waals surface area (Å²) in [7, 11) is 0. The number of pyridine rings is 1. The van der Waals surface area contributed by atoms with Gasteiger partial charge in [0.25, 0.3) is 0 Å². The zero-order valence-electron chi connectivity index (χ0n) is 13.6. The molecule has 3 rings (SSSR count). The lowest BCUT2D eigenvalue weighted by atomic mass is 10.0. The average molecular weight is 321 g/mol. The fourth-order valence-corrected chi connectivity index (χ4v) is 2.85. The molecule has 122 valence electrons. The summed E-state index contributed by atoms with van der Waals surface area (Å²) in [5, 5.41) is 0. The van der Waals surface area contributed by atoms with Crippen LogP contribution in [0.4, 0.5) is 0 Å². The van der Waals surface area contributed by atoms with Crippen LogP contribution < -0.4 is 0 Å². The first-order chi connectivity index (χ1) is 11.6. The van der Waals surface area contributed by atoms with E-state index < -0.39 is 12.1 Å². The van der Waals surface area contributed by atoms with Crippen LogP contribution in [-0.4, -0.2) is 22.8 Å². The number of rotatable bonds is 5. The van der Waals surface area contributed by atoms with Crippen LogP contribution in [0.3, 0.4) is 0 Å². The normalized spacial score (nSPS) is 14.4. The molecule has 1 aliphatic rings. The van der Waals surface area contributed by atoms with Crippen LogP contribution in [0.25, 0.3) is 6.08 Å². The van der Waals surface area contributed by atoms with E-state index in [4.69, 9.17) is 4.74 Å². The van der Waals surface area contributed by atoms with E-state index in [1.807, 2.05) is 24.3 Å². The van der Waals surface area contributed by atoms with Crippen molar-refractivity contribution in [2.45, 2.75) is 32.3 Å². The first-order valence-electron chi connectivity index (χ1n) is 8.09. The second-order valence-corrected chi connectivity index (χ2v) is 5.87. The molecule has 2 aromatic rings. The van der Waals surface area contributed by atoms with Gasteiger partial charge in [0.2, 0.25) is 5.78 Å². The maximum Gasteiger partial charge on any atom is 0.331 e. The van der Waals surface area contributed by atoms with E-state index in [0.717, 1.165) is 19.3 Å². The number of benzene rings is 1. The van der Waals surface area contributed by atoms with E-state index >= 15 is 0 Å². The minimum absolute atomic E-state index is 0.177. The Morgan fingerprint density at radius 1 is 1.17 bits per heavy atom. The second kappa shape index (κ2) is 7.21. The Morgan fingerprint density at radius 3 is 2.79 bits per heavy atom. The van der Waals surface area contributed by atoms with Crippen LogP contribution >= 0.6 is 0 Å². The third-order valence-corrected chi connectivity index (χ3v) is 4.12. The van der Waals surface area contributed by atoms with Crippen LogP contribution in [0, 0.1) is 0 Å². The van der Waals surface area contributed by atoms with E-state index in [2.05, 4.69) is 4.98 Å². The van der Waals surface area contributed by atoms with Gasteiger partial charge in [-0.2, -0.15) is 0 Å². The number of fused-ring (bicyclic) bond motifs is 1. The molecule has 0 amide bonds. The van der Waals surface area contributed by atoms with Gasteiger partial charge >= 0.3 is 5.97 Å². The van der Waals surface area contributed by atoms with Gasteiger partial charge < -0.3 is 4.74 Å². The molecule has 1 aromatic heterocycles. The van der Waals surface area contributed by atoms with Gasteiger partial charge in [0.1, 0.15) is 0 Å². The molecule has 1 aliphatic carbocycles. The molecule has 0 aliphatic heterocycles. The lowest BCUT2D eigenvalue weighted by molar-refractivity contribution is -0.140. The molecule has 4 heteroatoms. The number of ketones is 1. The Morgan fingerprint density at radius 2 is 2.00 bits per heavy atom. The van der Waals surface area contributed by atoms with Gasteiger partial charge in [0.15, 0.2) is 6.10 Å². The highest BCUT2D eigenvalue weighted by Gasteiger charge is 2.20. The maximum absolute atomic E-state index is 12.4. The minimum Gasteiger partial charge on any atom is -0.451 e. The number of hydrogen-bond acceptors (Lipinski definition) is 4. The maximum atomic E-state index is 12.4. The molecule has 0 saturated carbocycles. The molecular formula is C20H19NO3. The first kappa shape index (κ1) is 16.1. The van der Waals surface area contributed by atoms with Crippen molar-refractivity contribution in [2.24, 2.45) is 0 Å². The predicted molar refractivity (Wildman–Crippen MR) is 91.6 cm³/mol. The number of esters is 1. The molecule has 0 spiro atoms. The van der Waals surface area contributed by atoms with Crippen LogP contribution in [0.5, 0.6) is 0 Å². The lowest BCUT2D eigenvalue weighted by Crippen LogP contribution is -2.23. The van der Waals surface area contributed by atoms with Gasteiger partial charge in [-0.15, -0.1) is 0 Å². The Balaban J connectivity index is 1.61. The van der Waals surface area contributed by atoms with Crippen molar-refractivity contribution in [1.29, 1.82) is 0 Å². The molecule has 0 fully saturated rings. The van der Waals surface area contributed by atoms with Crippen molar-refractivity contribution in [3.8, 4) is 0 Å². The number of nitrogens with zero attached hydrogens (tertiary/aromatic N) is 1. The molecule has 0 saturated heterocycles. The Bertz CT molecular complexity index is 781. The summed E-state index contributed by atoms with van der Waals surface area (Å²) in [6.07, 6.45) is 6.90. The highest BCUT2D eigenvalue weighted by molar-refractivity contribution is 6.01. The molecule has 1 unspecified atom stereocenters. The number of carbonyl (C=O) groups is 2. The smallest absolute Gasteiger partial charge is 0.331 e. The number of hydrogen-bond donors (Lipinski definition) is 0. The zero-order chi connectivity index (χ0) is 16.9. The highest BCUT2D eigenvalue weighted by atomic mass is 16.5. The molecule has 1 atom stereocenters. The summed E-state index contributed by atoms with van der Waals surface area (Å²) < 4.78 is 5.20. The number of ether oxygens (including phenoxy) is 1. The summed E-state index contributed by atoms with van der Waals surface area (Å²) in [6, 6.07) is 11.2. The van der Waals surface area contributed by atoms with Gasteiger partial charge in [-0.25, -0.2) is 4.79 Å². The average Bonchev–Trinajstić information content (AvgIpc) is 3.07. The quantitative estimate of drug-likeness (QED) is 0.481. The summed E-state index contributed by atoms with van der Waals surface area (Å²) in [5.74, 6) is -0.730. The number of aryl methyl sites for hydroxylation is 2. The Labute approximate surface area is 141 Å². The van der Waals surface area contributed by atoms with Gasteiger partial charge in [-0.3, -0.25) is 9.78 Å². The fraction of sp³-hybridized carbons (Fsp3) is 0.250. The SMILES string of the molecule is CC(OC(=O)/C=C/c1ccccn1)C(=O)c1ccc2c(c1)CCC2. The second-order valence-electron chi connectivity index (χ2n) is 5.87. The summed E-state index contributed by atoms with van der Waals surface area (Å²) >= 11 is 0. The summed E-state index contributed by atoms with van der Waals surface area (Å²) in [4.78, 5) is 28.4. The van der Waals surface area contributed by atoms with Crippen LogP contribution in [-0.2, 0) is 22.4 Å². The van der Waals surface area contributed by atoms with E-state index in [-0.39, 0.29) is 5.78 Å². The van der Waals surface area contributed by atoms with Gasteiger partial charge in [0.05, 0.1) is 5.69 Å². The molecule has 0 N–H and O–H groups in total. The fourth-order valence-electron chi connectivity index (χ4n) is 2.85. The van der Waals surface area contributed by atoms with Crippen molar-refractivity contribution in [3.05, 3.63) is 71.1 Å². The highest BCUT2D eigenvalue weighted by Crippen LogP contribution is 2.23. The van der Waals surface area contributed by atoms with Gasteiger partial charge in [-0.05, 0) is 61.6 Å². The van der Waals surface area contributed by atoms with Crippen LogP contribution in [0.2, 0.25) is 0 Å². The largest absolute Gasteiger partial charge is 0.451 e. The van der Waals surface area contributed by atoms with Crippen molar-refractivity contribution >= 4 is 17.8 Å². The molecule has 24 heavy (non-hydrogen) atoms. The van der Waals surface area contributed by atoms with Gasteiger partial charge in [-0.1, -0.05) is 18.2 Å². The van der Waals surface area contributed by atoms with Crippen LogP contribution in [0.15, 0.2) is 48.7 Å². The molecule has 0 bridgehead atoms. The van der Waals surface area contributed by atoms with Crippen molar-refractivity contribution in [2.75, 3.05) is 0 Å². The van der Waals surface area contributed by atoms with Crippen molar-refractivity contribution in [3.63, 3.8) is 0 Å². The Hall–Kier alpha value is -2.75. The zero-order valence-corrected chi connectivity index (χ0v) is 13.6.